The molecule has 1 aromatic heterocycles. The van der Waals surface area contributed by atoms with E-state index < -0.39 is 12.0 Å². The van der Waals surface area contributed by atoms with Crippen molar-refractivity contribution < 1.29 is 28.5 Å². The number of nitrogens with zero attached hydrogens (tertiary/aromatic N) is 2. The Hall–Kier alpha value is -4.05. The minimum absolute atomic E-state index is 0.280. The molecule has 42 heavy (non-hydrogen) atoms. The van der Waals surface area contributed by atoms with Crippen LogP contribution in [0, 0.1) is 5.92 Å². The molecular formula is C32H38N2O7S. The summed E-state index contributed by atoms with van der Waals surface area (Å²) in [5, 5.41) is 0. The fourth-order valence-electron chi connectivity index (χ4n) is 4.65. The molecule has 0 aliphatic carbocycles. The number of thiazole rings is 1. The topological polar surface area (TPSA) is 97.6 Å². The van der Waals surface area contributed by atoms with Gasteiger partial charge in [-0.2, -0.15) is 0 Å². The van der Waals surface area contributed by atoms with Crippen LogP contribution in [0.4, 0.5) is 0 Å². The van der Waals surface area contributed by atoms with Crippen LogP contribution in [0.5, 0.6) is 23.0 Å². The first-order valence-corrected chi connectivity index (χ1v) is 14.7. The number of rotatable bonds is 11. The van der Waals surface area contributed by atoms with E-state index >= 15 is 0 Å². The molecular weight excluding hydrogens is 556 g/mol. The van der Waals surface area contributed by atoms with Gasteiger partial charge >= 0.3 is 5.97 Å². The van der Waals surface area contributed by atoms with Crippen LogP contribution >= 0.6 is 11.3 Å². The Kier molecular flexibility index (Phi) is 9.78. The Morgan fingerprint density at radius 1 is 0.976 bits per heavy atom. The molecule has 10 heteroatoms. The Labute approximate surface area is 249 Å². The van der Waals surface area contributed by atoms with E-state index in [1.54, 1.807) is 64.9 Å². The van der Waals surface area contributed by atoms with E-state index in [1.165, 1.54) is 11.3 Å². The van der Waals surface area contributed by atoms with Gasteiger partial charge in [-0.3, -0.25) is 9.36 Å². The lowest BCUT2D eigenvalue weighted by Gasteiger charge is -2.26. The zero-order chi connectivity index (χ0) is 30.6. The van der Waals surface area contributed by atoms with Crippen LogP contribution in [-0.2, 0) is 9.53 Å². The third-order valence-corrected chi connectivity index (χ3v) is 7.73. The average molecular weight is 595 g/mol. The van der Waals surface area contributed by atoms with Crippen molar-refractivity contribution in [1.29, 1.82) is 0 Å². The summed E-state index contributed by atoms with van der Waals surface area (Å²) < 4.78 is 30.1. The van der Waals surface area contributed by atoms with E-state index in [0.717, 1.165) is 12.0 Å². The van der Waals surface area contributed by atoms with Crippen molar-refractivity contribution in [2.24, 2.45) is 10.9 Å². The average Bonchev–Trinajstić information content (AvgIpc) is 3.25. The van der Waals surface area contributed by atoms with Crippen LogP contribution < -0.4 is 33.8 Å². The van der Waals surface area contributed by atoms with Gasteiger partial charge in [0.15, 0.2) is 27.8 Å². The van der Waals surface area contributed by atoms with Gasteiger partial charge in [-0.05, 0) is 74.6 Å². The normalized spacial score (nSPS) is 15.0. The highest BCUT2D eigenvalue weighted by molar-refractivity contribution is 7.07. The fraction of sp³-hybridized carbons (Fsp3) is 0.406. The fourth-order valence-corrected chi connectivity index (χ4v) is 5.69. The number of carbonyl (C=O) groups is 1. The highest BCUT2D eigenvalue weighted by Crippen LogP contribution is 2.36. The molecule has 0 bridgehead atoms. The number of carbonyl (C=O) groups excluding carboxylic acids is 1. The summed E-state index contributed by atoms with van der Waals surface area (Å²) in [5.41, 5.74) is 1.93. The second-order valence-corrected chi connectivity index (χ2v) is 11.6. The summed E-state index contributed by atoms with van der Waals surface area (Å²) in [7, 11) is 4.70. The molecule has 2 aromatic carbocycles. The standard InChI is InChI=1S/C32H38N2O7S/c1-18(2)13-14-40-24-12-10-22(17-26(24)39-8)29-28(31(36)41-19(3)4)20(5)33-32-34(29)30(35)27(42-32)16-21-9-11-23(37-6)25(15-21)38-7/h9-12,15-19,29H,13-14H2,1-8H3. The van der Waals surface area contributed by atoms with E-state index in [1.807, 2.05) is 24.3 Å². The third kappa shape index (κ3) is 6.54. The molecule has 0 saturated heterocycles. The second kappa shape index (κ2) is 13.3. The minimum Gasteiger partial charge on any atom is -0.493 e. The van der Waals surface area contributed by atoms with Crippen molar-refractivity contribution in [3.63, 3.8) is 0 Å². The maximum atomic E-state index is 14.0. The predicted octanol–water partition coefficient (Wildman–Crippen LogP) is 4.64. The Morgan fingerprint density at radius 2 is 1.64 bits per heavy atom. The summed E-state index contributed by atoms with van der Waals surface area (Å²) in [4.78, 5) is 32.6. The summed E-state index contributed by atoms with van der Waals surface area (Å²) >= 11 is 1.25. The van der Waals surface area contributed by atoms with Gasteiger partial charge in [0, 0.05) is 0 Å². The van der Waals surface area contributed by atoms with Crippen molar-refractivity contribution in [3.05, 3.63) is 78.5 Å². The molecule has 0 N–H and O–H groups in total. The maximum Gasteiger partial charge on any atom is 0.338 e. The number of aromatic nitrogens is 1. The van der Waals surface area contributed by atoms with E-state index in [9.17, 15) is 9.59 Å². The number of methoxy groups -OCH3 is 3. The molecule has 3 aromatic rings. The molecule has 0 fully saturated rings. The van der Waals surface area contributed by atoms with E-state index in [-0.39, 0.29) is 11.7 Å². The molecule has 1 aliphatic heterocycles. The number of hydrogen-bond acceptors (Lipinski definition) is 9. The molecule has 224 valence electrons. The largest absolute Gasteiger partial charge is 0.493 e. The van der Waals surface area contributed by atoms with Gasteiger partial charge in [0.05, 0.1) is 55.9 Å². The molecule has 4 rings (SSSR count). The van der Waals surface area contributed by atoms with Crippen LogP contribution in [0.2, 0.25) is 0 Å². The predicted molar refractivity (Wildman–Crippen MR) is 162 cm³/mol. The second-order valence-electron chi connectivity index (χ2n) is 10.6. The zero-order valence-corrected chi connectivity index (χ0v) is 26.2. The first kappa shape index (κ1) is 30.9. The van der Waals surface area contributed by atoms with Crippen LogP contribution in [0.25, 0.3) is 6.08 Å². The van der Waals surface area contributed by atoms with Gasteiger partial charge in [0.1, 0.15) is 0 Å². The quantitative estimate of drug-likeness (QED) is 0.299. The molecule has 1 aliphatic rings. The third-order valence-electron chi connectivity index (χ3n) is 6.75. The van der Waals surface area contributed by atoms with E-state index in [0.29, 0.717) is 61.7 Å². The maximum absolute atomic E-state index is 14.0. The van der Waals surface area contributed by atoms with Gasteiger partial charge in [-0.1, -0.05) is 37.3 Å². The lowest BCUT2D eigenvalue weighted by atomic mass is 9.95. The van der Waals surface area contributed by atoms with E-state index in [4.69, 9.17) is 23.7 Å². The number of allylic oxidation sites excluding steroid dienone is 1. The number of hydrogen-bond donors (Lipinski definition) is 0. The summed E-state index contributed by atoms with van der Waals surface area (Å²) in [6.07, 6.45) is 2.33. The van der Waals surface area contributed by atoms with Crippen molar-refractivity contribution in [2.75, 3.05) is 27.9 Å². The van der Waals surface area contributed by atoms with Gasteiger partial charge in [0.2, 0.25) is 0 Å². The van der Waals surface area contributed by atoms with Gasteiger partial charge in [-0.15, -0.1) is 0 Å². The Bertz CT molecular complexity index is 1670. The van der Waals surface area contributed by atoms with E-state index in [2.05, 4.69) is 18.8 Å². The number of fused-ring (bicyclic) bond motifs is 1. The minimum atomic E-state index is -0.779. The van der Waals surface area contributed by atoms with Crippen molar-refractivity contribution in [1.82, 2.24) is 4.57 Å². The first-order valence-electron chi connectivity index (χ1n) is 13.8. The lowest BCUT2D eigenvalue weighted by molar-refractivity contribution is -0.143. The highest BCUT2D eigenvalue weighted by atomic mass is 32.1. The molecule has 0 saturated carbocycles. The summed E-state index contributed by atoms with van der Waals surface area (Å²) in [6, 6.07) is 10.1. The first-order chi connectivity index (χ1) is 20.1. The van der Waals surface area contributed by atoms with Crippen LogP contribution in [0.3, 0.4) is 0 Å². The number of ether oxygens (including phenoxy) is 5. The summed E-state index contributed by atoms with van der Waals surface area (Å²) in [5.74, 6) is 2.21. The monoisotopic (exact) mass is 594 g/mol. The SMILES string of the molecule is COc1ccc(C=c2sc3n(c2=O)C(c2ccc(OCCC(C)C)c(OC)c2)C(C(=O)OC(C)C)=C(C)N=3)cc1OC. The molecule has 0 radical (unpaired) electrons. The Morgan fingerprint density at radius 3 is 2.29 bits per heavy atom. The molecule has 0 amide bonds. The van der Waals surface area contributed by atoms with Crippen LogP contribution in [0.1, 0.15) is 58.2 Å². The lowest BCUT2D eigenvalue weighted by Crippen LogP contribution is -2.40. The van der Waals surface area contributed by atoms with Crippen molar-refractivity contribution >= 4 is 23.4 Å². The zero-order valence-electron chi connectivity index (χ0n) is 25.3. The van der Waals surface area contributed by atoms with Crippen LogP contribution in [0.15, 0.2) is 57.5 Å². The van der Waals surface area contributed by atoms with Crippen LogP contribution in [-0.4, -0.2) is 44.6 Å². The smallest absolute Gasteiger partial charge is 0.338 e. The molecule has 9 nitrogen and oxygen atoms in total. The number of benzene rings is 2. The van der Waals surface area contributed by atoms with Crippen molar-refractivity contribution in [2.45, 2.75) is 53.2 Å². The Balaban J connectivity index is 1.87. The molecule has 1 unspecified atom stereocenters. The number of esters is 1. The molecule has 1 atom stereocenters. The van der Waals surface area contributed by atoms with Gasteiger partial charge in [0.25, 0.3) is 5.56 Å². The van der Waals surface area contributed by atoms with Crippen molar-refractivity contribution in [3.8, 4) is 23.0 Å². The highest BCUT2D eigenvalue weighted by Gasteiger charge is 2.34. The molecule has 2 heterocycles. The molecule has 0 spiro atoms. The van der Waals surface area contributed by atoms with Gasteiger partial charge in [-0.25, -0.2) is 9.79 Å². The summed E-state index contributed by atoms with van der Waals surface area (Å²) in [6.45, 7) is 10.1. The van der Waals surface area contributed by atoms with Gasteiger partial charge < -0.3 is 23.7 Å².